The van der Waals surface area contributed by atoms with Crippen LogP contribution in [0.25, 0.3) is 0 Å². The van der Waals surface area contributed by atoms with Crippen LogP contribution in [0.15, 0.2) is 84.9 Å². The molecule has 0 fully saturated rings. The first kappa shape index (κ1) is 22.2. The fraction of sp³-hybridized carbons (Fsp3) is 0.231. The fourth-order valence-corrected chi connectivity index (χ4v) is 3.44. The maximum atomic E-state index is 12.8. The summed E-state index contributed by atoms with van der Waals surface area (Å²) in [6, 6.07) is 27.5. The molecule has 0 radical (unpaired) electrons. The van der Waals surface area contributed by atoms with Gasteiger partial charge in [-0.3, -0.25) is 9.59 Å². The van der Waals surface area contributed by atoms with Crippen molar-refractivity contribution in [2.45, 2.75) is 18.8 Å². The molecule has 0 aliphatic rings. The van der Waals surface area contributed by atoms with Crippen molar-refractivity contribution < 1.29 is 14.3 Å². The van der Waals surface area contributed by atoms with Crippen molar-refractivity contribution >= 4 is 17.5 Å². The topological polar surface area (TPSA) is 67.4 Å². The van der Waals surface area contributed by atoms with Gasteiger partial charge in [-0.15, -0.1) is 0 Å². The molecule has 0 aromatic heterocycles. The molecule has 3 aromatic carbocycles. The number of rotatable bonds is 10. The van der Waals surface area contributed by atoms with Crippen molar-refractivity contribution in [2.75, 3.05) is 25.6 Å². The second-order valence-electron chi connectivity index (χ2n) is 7.34. The number of methoxy groups -OCH3 is 1. The average molecular weight is 417 g/mol. The molecule has 31 heavy (non-hydrogen) atoms. The third-order valence-corrected chi connectivity index (χ3v) is 5.02. The van der Waals surface area contributed by atoms with Gasteiger partial charge in [-0.2, -0.15) is 0 Å². The molecule has 2 amide bonds. The van der Waals surface area contributed by atoms with Gasteiger partial charge >= 0.3 is 0 Å². The maximum absolute atomic E-state index is 12.8. The van der Waals surface area contributed by atoms with Crippen molar-refractivity contribution in [2.24, 2.45) is 0 Å². The highest BCUT2D eigenvalue weighted by molar-refractivity contribution is 5.91. The minimum Gasteiger partial charge on any atom is -0.383 e. The third-order valence-electron chi connectivity index (χ3n) is 5.02. The molecule has 0 bridgehead atoms. The van der Waals surface area contributed by atoms with Crippen LogP contribution in [0.1, 0.15) is 29.0 Å². The predicted molar refractivity (Wildman–Crippen MR) is 123 cm³/mol. The lowest BCUT2D eigenvalue weighted by Gasteiger charge is -2.18. The van der Waals surface area contributed by atoms with E-state index in [0.717, 1.165) is 16.7 Å². The first-order chi connectivity index (χ1) is 15.2. The Morgan fingerprint density at radius 1 is 0.806 bits per heavy atom. The van der Waals surface area contributed by atoms with Gasteiger partial charge in [-0.25, -0.2) is 0 Å². The van der Waals surface area contributed by atoms with Crippen LogP contribution in [0, 0.1) is 0 Å². The lowest BCUT2D eigenvalue weighted by molar-refractivity contribution is -0.120. The molecule has 0 heterocycles. The summed E-state index contributed by atoms with van der Waals surface area (Å²) >= 11 is 0. The van der Waals surface area contributed by atoms with E-state index < -0.39 is 0 Å². The van der Waals surface area contributed by atoms with E-state index in [-0.39, 0.29) is 17.7 Å². The summed E-state index contributed by atoms with van der Waals surface area (Å²) in [6.45, 7) is 0.983. The first-order valence-corrected chi connectivity index (χ1v) is 10.4. The highest BCUT2D eigenvalue weighted by Crippen LogP contribution is 2.28. The molecule has 3 rings (SSSR count). The zero-order valence-corrected chi connectivity index (χ0v) is 17.7. The second-order valence-corrected chi connectivity index (χ2v) is 7.34. The van der Waals surface area contributed by atoms with Crippen LogP contribution in [0.2, 0.25) is 0 Å². The molecule has 160 valence electrons. The summed E-state index contributed by atoms with van der Waals surface area (Å²) in [4.78, 5) is 24.7. The van der Waals surface area contributed by atoms with Gasteiger partial charge in [0.1, 0.15) is 0 Å². The number of nitrogens with one attached hydrogen (secondary N) is 2. The van der Waals surface area contributed by atoms with Gasteiger partial charge in [-0.1, -0.05) is 72.8 Å². The van der Waals surface area contributed by atoms with Crippen LogP contribution >= 0.6 is 0 Å². The third kappa shape index (κ3) is 7.08. The van der Waals surface area contributed by atoms with E-state index in [0.29, 0.717) is 31.7 Å². The van der Waals surface area contributed by atoms with Crippen molar-refractivity contribution in [1.29, 1.82) is 0 Å². The number of hydrogen-bond acceptors (Lipinski definition) is 3. The Kier molecular flexibility index (Phi) is 8.38. The van der Waals surface area contributed by atoms with Gasteiger partial charge in [0, 0.05) is 31.7 Å². The van der Waals surface area contributed by atoms with E-state index in [1.807, 2.05) is 60.7 Å². The first-order valence-electron chi connectivity index (χ1n) is 10.4. The van der Waals surface area contributed by atoms with E-state index >= 15 is 0 Å². The van der Waals surface area contributed by atoms with Gasteiger partial charge < -0.3 is 15.4 Å². The Morgan fingerprint density at radius 3 is 1.94 bits per heavy atom. The maximum Gasteiger partial charge on any atom is 0.225 e. The van der Waals surface area contributed by atoms with Crippen molar-refractivity contribution in [3.05, 3.63) is 102 Å². The van der Waals surface area contributed by atoms with Gasteiger partial charge in [0.05, 0.1) is 13.0 Å². The molecule has 0 aliphatic heterocycles. The standard InChI is InChI=1S/C26H28N2O3/c1-31-17-16-27-25(29)18-20-12-14-23(15-13-20)28-26(30)19-24(21-8-4-2-5-9-21)22-10-6-3-7-11-22/h2-15,24H,16-19H2,1H3,(H,27,29)(H,28,30). The summed E-state index contributed by atoms with van der Waals surface area (Å²) in [5, 5.41) is 5.78. The zero-order chi connectivity index (χ0) is 21.9. The van der Waals surface area contributed by atoms with E-state index in [1.165, 1.54) is 0 Å². The molecule has 3 aromatic rings. The minimum absolute atomic E-state index is 0.0162. The molecule has 0 aliphatic carbocycles. The number of hydrogen-bond donors (Lipinski definition) is 2. The zero-order valence-electron chi connectivity index (χ0n) is 17.7. The average Bonchev–Trinajstić information content (AvgIpc) is 2.80. The van der Waals surface area contributed by atoms with Gasteiger partial charge in [0.25, 0.3) is 0 Å². The van der Waals surface area contributed by atoms with Crippen molar-refractivity contribution in [3.8, 4) is 0 Å². The molecular weight excluding hydrogens is 388 g/mol. The number of anilines is 1. The normalized spacial score (nSPS) is 10.6. The van der Waals surface area contributed by atoms with Gasteiger partial charge in [0.2, 0.25) is 11.8 Å². The van der Waals surface area contributed by atoms with Gasteiger partial charge in [0.15, 0.2) is 0 Å². The predicted octanol–water partition coefficient (Wildman–Crippen LogP) is 4.15. The molecule has 0 unspecified atom stereocenters. The largest absolute Gasteiger partial charge is 0.383 e. The number of benzene rings is 3. The van der Waals surface area contributed by atoms with E-state index in [4.69, 9.17) is 4.74 Å². The molecule has 5 heteroatoms. The lowest BCUT2D eigenvalue weighted by atomic mass is 9.88. The summed E-state index contributed by atoms with van der Waals surface area (Å²) in [5.41, 5.74) is 3.82. The van der Waals surface area contributed by atoms with Crippen LogP contribution in [0.4, 0.5) is 5.69 Å². The van der Waals surface area contributed by atoms with E-state index in [2.05, 4.69) is 34.9 Å². The smallest absolute Gasteiger partial charge is 0.225 e. The van der Waals surface area contributed by atoms with E-state index in [9.17, 15) is 9.59 Å². The highest BCUT2D eigenvalue weighted by atomic mass is 16.5. The Hall–Kier alpha value is -3.44. The minimum atomic E-state index is -0.0533. The van der Waals surface area contributed by atoms with Gasteiger partial charge in [-0.05, 0) is 28.8 Å². The molecule has 0 saturated carbocycles. The summed E-state index contributed by atoms with van der Waals surface area (Å²) in [6.07, 6.45) is 0.639. The lowest BCUT2D eigenvalue weighted by Crippen LogP contribution is -2.28. The van der Waals surface area contributed by atoms with Crippen molar-refractivity contribution in [1.82, 2.24) is 5.32 Å². The van der Waals surface area contributed by atoms with E-state index in [1.54, 1.807) is 7.11 Å². The molecular formula is C26H28N2O3. The highest BCUT2D eigenvalue weighted by Gasteiger charge is 2.18. The SMILES string of the molecule is COCCNC(=O)Cc1ccc(NC(=O)CC(c2ccccc2)c2ccccc2)cc1. The second kappa shape index (κ2) is 11.7. The number of carbonyl (C=O) groups excluding carboxylic acids is 2. The number of ether oxygens (including phenoxy) is 1. The van der Waals surface area contributed by atoms with Crippen LogP contribution < -0.4 is 10.6 Å². The summed E-state index contributed by atoms with van der Waals surface area (Å²) < 4.78 is 4.92. The Morgan fingerprint density at radius 2 is 1.39 bits per heavy atom. The fourth-order valence-electron chi connectivity index (χ4n) is 3.44. The Balaban J connectivity index is 1.60. The molecule has 0 spiro atoms. The summed E-state index contributed by atoms with van der Waals surface area (Å²) in [7, 11) is 1.60. The molecule has 0 saturated heterocycles. The Labute approximate surface area is 183 Å². The number of carbonyl (C=O) groups is 2. The summed E-state index contributed by atoms with van der Waals surface area (Å²) in [5.74, 6) is -0.123. The molecule has 2 N–H and O–H groups in total. The Bertz CT molecular complexity index is 917. The van der Waals surface area contributed by atoms with Crippen LogP contribution in [0.3, 0.4) is 0 Å². The monoisotopic (exact) mass is 416 g/mol. The van der Waals surface area contributed by atoms with Crippen LogP contribution in [-0.4, -0.2) is 32.1 Å². The number of amides is 2. The quantitative estimate of drug-likeness (QED) is 0.488. The molecule has 5 nitrogen and oxygen atoms in total. The van der Waals surface area contributed by atoms with Crippen molar-refractivity contribution in [3.63, 3.8) is 0 Å². The van der Waals surface area contributed by atoms with Crippen LogP contribution in [-0.2, 0) is 20.7 Å². The molecule has 0 atom stereocenters. The van der Waals surface area contributed by atoms with Crippen LogP contribution in [0.5, 0.6) is 0 Å².